The normalized spacial score (nSPS) is 24.8. The molecule has 6 rings (SSSR count). The molecule has 4 N–H and O–H groups in total. The van der Waals surface area contributed by atoms with Crippen molar-refractivity contribution in [3.63, 3.8) is 0 Å². The van der Waals surface area contributed by atoms with Gasteiger partial charge in [-0.2, -0.15) is 0 Å². The second-order valence-electron chi connectivity index (χ2n) is 7.85. The van der Waals surface area contributed by atoms with Crippen molar-refractivity contribution in [2.75, 3.05) is 18.9 Å². The molecule has 0 aliphatic carbocycles. The predicted molar refractivity (Wildman–Crippen MR) is 117 cm³/mol. The van der Waals surface area contributed by atoms with Gasteiger partial charge in [0.2, 0.25) is 0 Å². The number of aliphatic hydroxyl groups is 1. The molecule has 0 bridgehead atoms. The Morgan fingerprint density at radius 1 is 1.09 bits per heavy atom. The van der Waals surface area contributed by atoms with Gasteiger partial charge < -0.3 is 30.0 Å². The Bertz CT molecular complexity index is 1290. The van der Waals surface area contributed by atoms with Crippen LogP contribution in [0.15, 0.2) is 41.8 Å². The van der Waals surface area contributed by atoms with Crippen LogP contribution >= 0.6 is 11.3 Å². The summed E-state index contributed by atoms with van der Waals surface area (Å²) in [6.07, 6.45) is -1.71. The van der Waals surface area contributed by atoms with Gasteiger partial charge in [-0.1, -0.05) is 24.3 Å². The van der Waals surface area contributed by atoms with E-state index in [9.17, 15) is 9.50 Å². The standard InChI is InChI=1S/C22H19FN4O4S/c23-12-5-13-14(6-18(25-13)31-17-8-30-20-16(28)7-29-21(17)20)26-19(12)11-3-1-10(2-4-11)15-9-32-22(24)27-15/h1-6,9,16-17,20-21,25,28H,7-8H2,(H2,24,27)/t16?,17?,20-,21-/m1/s1. The fraction of sp³-hybridized carbons (Fsp3) is 0.273. The lowest BCUT2D eigenvalue weighted by atomic mass is 10.1. The van der Waals surface area contributed by atoms with E-state index in [1.165, 1.54) is 17.4 Å². The molecule has 2 saturated heterocycles. The zero-order valence-corrected chi connectivity index (χ0v) is 17.5. The van der Waals surface area contributed by atoms with Crippen molar-refractivity contribution < 1.29 is 23.7 Å². The first-order valence-corrected chi connectivity index (χ1v) is 11.0. The zero-order chi connectivity index (χ0) is 21.8. The van der Waals surface area contributed by atoms with Crippen molar-refractivity contribution in [1.82, 2.24) is 15.0 Å². The number of hydrogen-bond donors (Lipinski definition) is 3. The van der Waals surface area contributed by atoms with Gasteiger partial charge in [-0.25, -0.2) is 14.4 Å². The number of H-pyrrole nitrogens is 1. The van der Waals surface area contributed by atoms with Crippen LogP contribution in [-0.4, -0.2) is 57.7 Å². The topological polar surface area (TPSA) is 116 Å². The van der Waals surface area contributed by atoms with E-state index in [1.807, 2.05) is 29.6 Å². The number of nitrogens with two attached hydrogens (primary N) is 1. The number of nitrogen functional groups attached to an aromatic ring is 1. The lowest BCUT2D eigenvalue weighted by Crippen LogP contribution is -2.34. The van der Waals surface area contributed by atoms with Crippen molar-refractivity contribution in [2.45, 2.75) is 24.4 Å². The van der Waals surface area contributed by atoms with Gasteiger partial charge in [-0.3, -0.25) is 0 Å². The van der Waals surface area contributed by atoms with Crippen molar-refractivity contribution in [3.05, 3.63) is 47.6 Å². The number of hydrogen-bond acceptors (Lipinski definition) is 8. The number of fused-ring (bicyclic) bond motifs is 2. The van der Waals surface area contributed by atoms with E-state index in [0.29, 0.717) is 34.2 Å². The van der Waals surface area contributed by atoms with Gasteiger partial charge >= 0.3 is 0 Å². The Kier molecular flexibility index (Phi) is 4.61. The largest absolute Gasteiger partial charge is 0.470 e. The number of benzene rings is 1. The minimum absolute atomic E-state index is 0.229. The molecular formula is C22H19FN4O4S. The summed E-state index contributed by atoms with van der Waals surface area (Å²) in [6.45, 7) is 0.540. The lowest BCUT2D eigenvalue weighted by Gasteiger charge is -2.16. The van der Waals surface area contributed by atoms with E-state index >= 15 is 0 Å². The molecule has 0 spiro atoms. The van der Waals surface area contributed by atoms with Crippen LogP contribution in [0.3, 0.4) is 0 Å². The maximum absolute atomic E-state index is 14.8. The molecule has 5 heterocycles. The maximum Gasteiger partial charge on any atom is 0.193 e. The number of ether oxygens (including phenoxy) is 3. The molecule has 2 aliphatic rings. The molecule has 0 saturated carbocycles. The van der Waals surface area contributed by atoms with Gasteiger partial charge in [-0.05, 0) is 0 Å². The van der Waals surface area contributed by atoms with Gasteiger partial charge in [0.05, 0.1) is 29.9 Å². The van der Waals surface area contributed by atoms with Gasteiger partial charge in [0.15, 0.2) is 22.9 Å². The van der Waals surface area contributed by atoms with Gasteiger partial charge in [0, 0.05) is 28.6 Å². The molecule has 10 heteroatoms. The van der Waals surface area contributed by atoms with E-state index < -0.39 is 11.9 Å². The van der Waals surface area contributed by atoms with Crippen LogP contribution in [-0.2, 0) is 9.47 Å². The van der Waals surface area contributed by atoms with Crippen LogP contribution in [0.25, 0.3) is 33.5 Å². The number of aromatic amines is 1. The van der Waals surface area contributed by atoms with Crippen molar-refractivity contribution >= 4 is 27.5 Å². The first-order chi connectivity index (χ1) is 15.5. The van der Waals surface area contributed by atoms with E-state index in [0.717, 1.165) is 11.3 Å². The molecule has 0 radical (unpaired) electrons. The van der Waals surface area contributed by atoms with Crippen LogP contribution < -0.4 is 10.5 Å². The fourth-order valence-corrected chi connectivity index (χ4v) is 4.77. The molecule has 4 atom stereocenters. The molecule has 2 unspecified atom stereocenters. The number of rotatable bonds is 4. The summed E-state index contributed by atoms with van der Waals surface area (Å²) in [5, 5.41) is 12.3. The summed E-state index contributed by atoms with van der Waals surface area (Å²) in [5.74, 6) is 0.00261. The van der Waals surface area contributed by atoms with Crippen molar-refractivity contribution in [3.8, 4) is 28.4 Å². The Hall–Kier alpha value is -3.05. The van der Waals surface area contributed by atoms with Gasteiger partial charge in [0.25, 0.3) is 0 Å². The molecular weight excluding hydrogens is 435 g/mol. The number of nitrogens with one attached hydrogen (secondary N) is 1. The molecule has 1 aromatic carbocycles. The molecule has 8 nitrogen and oxygen atoms in total. The Morgan fingerprint density at radius 3 is 2.66 bits per heavy atom. The highest BCUT2D eigenvalue weighted by Gasteiger charge is 2.48. The first-order valence-electron chi connectivity index (χ1n) is 10.1. The second-order valence-corrected chi connectivity index (χ2v) is 8.74. The van der Waals surface area contributed by atoms with Crippen molar-refractivity contribution in [1.29, 1.82) is 0 Å². The SMILES string of the molecule is Nc1nc(-c2ccc(-c3nc4cc(OC5CO[C@@H]6C(O)CO[C@H]56)[nH]c4cc3F)cc2)cs1. The Labute approximate surface area is 185 Å². The molecule has 2 aliphatic heterocycles. The summed E-state index contributed by atoms with van der Waals surface area (Å²) in [5.41, 5.74) is 9.40. The number of aromatic nitrogens is 3. The van der Waals surface area contributed by atoms with E-state index in [1.54, 1.807) is 6.07 Å². The minimum atomic E-state index is -0.645. The van der Waals surface area contributed by atoms with Gasteiger partial charge in [0.1, 0.15) is 24.0 Å². The third kappa shape index (κ3) is 3.32. The molecule has 3 aromatic heterocycles. The molecule has 4 aromatic rings. The van der Waals surface area contributed by atoms with E-state index in [4.69, 9.17) is 19.9 Å². The number of aliphatic hydroxyl groups excluding tert-OH is 1. The summed E-state index contributed by atoms with van der Waals surface area (Å²) in [7, 11) is 0. The van der Waals surface area contributed by atoms with E-state index in [2.05, 4.69) is 15.0 Å². The minimum Gasteiger partial charge on any atom is -0.470 e. The quantitative estimate of drug-likeness (QED) is 0.434. The number of nitrogens with zero attached hydrogens (tertiary/aromatic N) is 2. The molecule has 164 valence electrons. The summed E-state index contributed by atoms with van der Waals surface area (Å²) in [4.78, 5) is 11.8. The highest BCUT2D eigenvalue weighted by molar-refractivity contribution is 7.13. The summed E-state index contributed by atoms with van der Waals surface area (Å²) >= 11 is 1.37. The number of pyridine rings is 1. The molecule has 2 fully saturated rings. The number of halogens is 1. The monoisotopic (exact) mass is 454 g/mol. The molecule has 0 amide bonds. The van der Waals surface area contributed by atoms with Crippen LogP contribution in [0.1, 0.15) is 0 Å². The highest BCUT2D eigenvalue weighted by Crippen LogP contribution is 2.32. The van der Waals surface area contributed by atoms with Crippen LogP contribution in [0.4, 0.5) is 9.52 Å². The number of thiazole rings is 1. The maximum atomic E-state index is 14.8. The third-order valence-electron chi connectivity index (χ3n) is 5.77. The predicted octanol–water partition coefficient (Wildman–Crippen LogP) is 2.98. The second kappa shape index (κ2) is 7.52. The van der Waals surface area contributed by atoms with Crippen LogP contribution in [0.5, 0.6) is 5.88 Å². The van der Waals surface area contributed by atoms with Crippen LogP contribution in [0.2, 0.25) is 0 Å². The lowest BCUT2D eigenvalue weighted by molar-refractivity contribution is 0.00794. The average Bonchev–Trinajstić information content (AvgIpc) is 3.55. The highest BCUT2D eigenvalue weighted by atomic mass is 32.1. The van der Waals surface area contributed by atoms with Crippen molar-refractivity contribution in [2.24, 2.45) is 0 Å². The van der Waals surface area contributed by atoms with Gasteiger partial charge in [-0.15, -0.1) is 11.3 Å². The smallest absolute Gasteiger partial charge is 0.193 e. The van der Waals surface area contributed by atoms with E-state index in [-0.39, 0.29) is 30.6 Å². The summed E-state index contributed by atoms with van der Waals surface area (Å²) < 4.78 is 32.0. The fourth-order valence-electron chi connectivity index (χ4n) is 4.20. The third-order valence-corrected chi connectivity index (χ3v) is 6.44. The zero-order valence-electron chi connectivity index (χ0n) is 16.7. The van der Waals surface area contributed by atoms with Crippen LogP contribution in [0, 0.1) is 5.82 Å². The average molecular weight is 454 g/mol. The summed E-state index contributed by atoms with van der Waals surface area (Å²) in [6, 6.07) is 10.5. The first kappa shape index (κ1) is 19.6. The Morgan fingerprint density at radius 2 is 1.88 bits per heavy atom. The molecule has 32 heavy (non-hydrogen) atoms. The number of anilines is 1. The Balaban J connectivity index is 1.26.